The van der Waals surface area contributed by atoms with Crippen LogP contribution in [-0.4, -0.2) is 28.7 Å². The molecule has 4 heteroatoms. The van der Waals surface area contributed by atoms with Crippen molar-refractivity contribution >= 4 is 0 Å². The van der Waals surface area contributed by atoms with Gasteiger partial charge in [-0.05, 0) is 31.6 Å². The topological polar surface area (TPSA) is 39.9 Å². The molecule has 0 amide bonds. The Kier molecular flexibility index (Phi) is 6.08. The van der Waals surface area contributed by atoms with Crippen LogP contribution >= 0.6 is 0 Å². The lowest BCUT2D eigenvalue weighted by Crippen LogP contribution is -2.00. The Labute approximate surface area is 98.0 Å². The van der Waals surface area contributed by atoms with Gasteiger partial charge in [0.1, 0.15) is 0 Å². The molecule has 4 nitrogen and oxygen atoms in total. The largest absolute Gasteiger partial charge is 0.385 e. The molecule has 0 saturated heterocycles. The molecule has 1 aromatic rings. The van der Waals surface area contributed by atoms with Crippen molar-refractivity contribution in [1.82, 2.24) is 15.0 Å². The van der Waals surface area contributed by atoms with E-state index >= 15 is 0 Å². The van der Waals surface area contributed by atoms with Crippen molar-refractivity contribution in [2.45, 2.75) is 46.1 Å². The molecule has 1 rings (SSSR count). The number of aryl methyl sites for hydroxylation is 2. The fourth-order valence-electron chi connectivity index (χ4n) is 1.62. The van der Waals surface area contributed by atoms with E-state index in [0.717, 1.165) is 37.6 Å². The van der Waals surface area contributed by atoms with Gasteiger partial charge >= 0.3 is 0 Å². The molecule has 0 bridgehead atoms. The zero-order valence-electron chi connectivity index (χ0n) is 10.6. The highest BCUT2D eigenvalue weighted by molar-refractivity contribution is 4.92. The summed E-state index contributed by atoms with van der Waals surface area (Å²) in [4.78, 5) is 0. The molecule has 0 radical (unpaired) electrons. The van der Waals surface area contributed by atoms with Gasteiger partial charge in [-0.2, -0.15) is 0 Å². The molecule has 0 spiro atoms. The summed E-state index contributed by atoms with van der Waals surface area (Å²) in [5, 5.41) is 8.26. The fraction of sp³-hybridized carbons (Fsp3) is 0.833. The predicted molar refractivity (Wildman–Crippen MR) is 64.3 cm³/mol. The number of nitrogens with zero attached hydrogens (tertiary/aromatic N) is 3. The van der Waals surface area contributed by atoms with Crippen LogP contribution in [0.4, 0.5) is 0 Å². The van der Waals surface area contributed by atoms with Gasteiger partial charge in [0.05, 0.1) is 5.69 Å². The van der Waals surface area contributed by atoms with Gasteiger partial charge in [0.15, 0.2) is 0 Å². The summed E-state index contributed by atoms with van der Waals surface area (Å²) in [7, 11) is 1.72. The third kappa shape index (κ3) is 5.26. The summed E-state index contributed by atoms with van der Waals surface area (Å²) < 4.78 is 6.96. The second-order valence-electron chi connectivity index (χ2n) is 4.61. The standard InChI is InChI=1S/C12H23N3O/c1-11(2)6-4-8-15-10-12(13-14-15)7-5-9-16-3/h10-11H,4-9H2,1-3H3. The van der Waals surface area contributed by atoms with Crippen molar-refractivity contribution in [1.29, 1.82) is 0 Å². The molecule has 0 N–H and O–H groups in total. The molecule has 16 heavy (non-hydrogen) atoms. The van der Waals surface area contributed by atoms with Crippen molar-refractivity contribution in [2.75, 3.05) is 13.7 Å². The number of rotatable bonds is 8. The summed E-state index contributed by atoms with van der Waals surface area (Å²) in [6.07, 6.45) is 6.45. The van der Waals surface area contributed by atoms with Crippen molar-refractivity contribution in [3.8, 4) is 0 Å². The zero-order chi connectivity index (χ0) is 11.8. The van der Waals surface area contributed by atoms with Crippen molar-refractivity contribution in [3.63, 3.8) is 0 Å². The fourth-order valence-corrected chi connectivity index (χ4v) is 1.62. The second-order valence-corrected chi connectivity index (χ2v) is 4.61. The van der Waals surface area contributed by atoms with E-state index in [1.807, 2.05) is 4.68 Å². The first-order chi connectivity index (χ1) is 7.72. The van der Waals surface area contributed by atoms with Gasteiger partial charge in [-0.15, -0.1) is 5.10 Å². The molecule has 0 aliphatic heterocycles. The Bertz CT molecular complexity index is 284. The molecule has 1 aromatic heterocycles. The molecule has 0 fully saturated rings. The van der Waals surface area contributed by atoms with Gasteiger partial charge in [0.2, 0.25) is 0 Å². The third-order valence-corrected chi connectivity index (χ3v) is 2.54. The van der Waals surface area contributed by atoms with E-state index in [1.165, 1.54) is 12.8 Å². The van der Waals surface area contributed by atoms with E-state index in [2.05, 4.69) is 30.4 Å². The molecule has 0 aliphatic carbocycles. The van der Waals surface area contributed by atoms with Crippen LogP contribution in [0, 0.1) is 5.92 Å². The number of ether oxygens (including phenoxy) is 1. The minimum atomic E-state index is 0.768. The highest BCUT2D eigenvalue weighted by Crippen LogP contribution is 2.05. The molecule has 0 unspecified atom stereocenters. The Morgan fingerprint density at radius 1 is 1.38 bits per heavy atom. The first-order valence-electron chi connectivity index (χ1n) is 6.10. The maximum Gasteiger partial charge on any atom is 0.0828 e. The van der Waals surface area contributed by atoms with Crippen LogP contribution in [-0.2, 0) is 17.7 Å². The SMILES string of the molecule is COCCCc1cn(CCCC(C)C)nn1. The van der Waals surface area contributed by atoms with E-state index in [0.29, 0.717) is 0 Å². The van der Waals surface area contributed by atoms with E-state index in [-0.39, 0.29) is 0 Å². The number of aromatic nitrogens is 3. The molecule has 0 aromatic carbocycles. The monoisotopic (exact) mass is 225 g/mol. The Hall–Kier alpha value is -0.900. The van der Waals surface area contributed by atoms with E-state index in [4.69, 9.17) is 4.74 Å². The van der Waals surface area contributed by atoms with Gasteiger partial charge in [-0.25, -0.2) is 0 Å². The maximum absolute atomic E-state index is 5.01. The predicted octanol–water partition coefficient (Wildman–Crippen LogP) is 2.29. The highest BCUT2D eigenvalue weighted by Gasteiger charge is 2.01. The molecule has 92 valence electrons. The third-order valence-electron chi connectivity index (χ3n) is 2.54. The number of hydrogen-bond acceptors (Lipinski definition) is 3. The van der Waals surface area contributed by atoms with E-state index in [1.54, 1.807) is 7.11 Å². The van der Waals surface area contributed by atoms with Crippen molar-refractivity contribution in [2.24, 2.45) is 5.92 Å². The Morgan fingerprint density at radius 2 is 2.19 bits per heavy atom. The molecular formula is C12H23N3O. The van der Waals surface area contributed by atoms with Crippen LogP contribution in [0.2, 0.25) is 0 Å². The summed E-state index contributed by atoms with van der Waals surface area (Å²) in [5.74, 6) is 0.768. The molecule has 1 heterocycles. The minimum absolute atomic E-state index is 0.768. The van der Waals surface area contributed by atoms with Gasteiger partial charge in [-0.1, -0.05) is 19.1 Å². The summed E-state index contributed by atoms with van der Waals surface area (Å²) in [6.45, 7) is 6.27. The van der Waals surface area contributed by atoms with Crippen LogP contribution < -0.4 is 0 Å². The second kappa shape index (κ2) is 7.39. The summed E-state index contributed by atoms with van der Waals surface area (Å²) >= 11 is 0. The smallest absolute Gasteiger partial charge is 0.0828 e. The quantitative estimate of drug-likeness (QED) is 0.637. The van der Waals surface area contributed by atoms with E-state index < -0.39 is 0 Å². The van der Waals surface area contributed by atoms with Crippen LogP contribution in [0.3, 0.4) is 0 Å². The van der Waals surface area contributed by atoms with Crippen LogP contribution in [0.15, 0.2) is 6.20 Å². The van der Waals surface area contributed by atoms with Gasteiger partial charge in [0, 0.05) is 26.5 Å². The average molecular weight is 225 g/mol. The lowest BCUT2D eigenvalue weighted by atomic mass is 10.1. The molecule has 0 atom stereocenters. The van der Waals surface area contributed by atoms with Gasteiger partial charge < -0.3 is 4.74 Å². The lowest BCUT2D eigenvalue weighted by Gasteiger charge is -2.03. The van der Waals surface area contributed by atoms with Gasteiger partial charge in [-0.3, -0.25) is 4.68 Å². The van der Waals surface area contributed by atoms with Crippen LogP contribution in [0.1, 0.15) is 38.8 Å². The van der Waals surface area contributed by atoms with Gasteiger partial charge in [0.25, 0.3) is 0 Å². The lowest BCUT2D eigenvalue weighted by molar-refractivity contribution is 0.195. The van der Waals surface area contributed by atoms with Crippen molar-refractivity contribution < 1.29 is 4.74 Å². The minimum Gasteiger partial charge on any atom is -0.385 e. The molecule has 0 saturated carbocycles. The highest BCUT2D eigenvalue weighted by atomic mass is 16.5. The summed E-state index contributed by atoms with van der Waals surface area (Å²) in [6, 6.07) is 0. The summed E-state index contributed by atoms with van der Waals surface area (Å²) in [5.41, 5.74) is 1.07. The van der Waals surface area contributed by atoms with Crippen molar-refractivity contribution in [3.05, 3.63) is 11.9 Å². The normalized spacial score (nSPS) is 11.2. The maximum atomic E-state index is 5.01. The van der Waals surface area contributed by atoms with Crippen LogP contribution in [0.25, 0.3) is 0 Å². The first-order valence-corrected chi connectivity index (χ1v) is 6.10. The number of hydrogen-bond donors (Lipinski definition) is 0. The molecular weight excluding hydrogens is 202 g/mol. The first kappa shape index (κ1) is 13.2. The van der Waals surface area contributed by atoms with Crippen LogP contribution in [0.5, 0.6) is 0 Å². The van der Waals surface area contributed by atoms with E-state index in [9.17, 15) is 0 Å². The average Bonchev–Trinajstić information content (AvgIpc) is 2.66. The molecule has 0 aliphatic rings. The number of methoxy groups -OCH3 is 1. The Morgan fingerprint density at radius 3 is 2.88 bits per heavy atom. The Balaban J connectivity index is 2.22. The zero-order valence-corrected chi connectivity index (χ0v) is 10.6.